The van der Waals surface area contributed by atoms with E-state index in [0.29, 0.717) is 13.1 Å². The van der Waals surface area contributed by atoms with Crippen molar-refractivity contribution >= 4 is 28.8 Å². The number of carbonyl (C=O) groups is 2. The summed E-state index contributed by atoms with van der Waals surface area (Å²) in [6.07, 6.45) is 1.66. The zero-order valence-corrected chi connectivity index (χ0v) is 14.9. The zero-order valence-electron chi connectivity index (χ0n) is 14.0. The Morgan fingerprint density at radius 3 is 2.38 bits per heavy atom. The van der Waals surface area contributed by atoms with Gasteiger partial charge in [-0.1, -0.05) is 18.2 Å². The van der Waals surface area contributed by atoms with Crippen molar-refractivity contribution in [1.29, 1.82) is 0 Å². The molecule has 2 rings (SSSR count). The van der Waals surface area contributed by atoms with Crippen LogP contribution in [0.15, 0.2) is 41.8 Å². The topological polar surface area (TPSA) is 61.4 Å². The summed E-state index contributed by atoms with van der Waals surface area (Å²) in [6.45, 7) is 0.878. The van der Waals surface area contributed by atoms with Gasteiger partial charge in [-0.2, -0.15) is 0 Å². The molecule has 0 aliphatic rings. The second-order valence-corrected chi connectivity index (χ2v) is 6.71. The standard InChI is InChI=1S/C18H23N3O2S/c1-21(2)15-9-7-14(8-10-15)5-3-11-19-17(22)18(23)20-13-16-6-4-12-24-16/h4,6-10,12H,3,5,11,13H2,1-2H3,(H,19,22)(H,20,23). The molecule has 1 aromatic carbocycles. The summed E-state index contributed by atoms with van der Waals surface area (Å²) in [6, 6.07) is 12.2. The molecule has 0 unspecified atom stereocenters. The number of aryl methyl sites for hydroxylation is 1. The normalized spacial score (nSPS) is 10.2. The van der Waals surface area contributed by atoms with Gasteiger partial charge in [0.2, 0.25) is 0 Å². The minimum absolute atomic E-state index is 0.391. The molecular formula is C18H23N3O2S. The first-order valence-corrected chi connectivity index (χ1v) is 8.79. The molecule has 128 valence electrons. The zero-order chi connectivity index (χ0) is 17.4. The Bertz CT molecular complexity index is 651. The second kappa shape index (κ2) is 9.08. The van der Waals surface area contributed by atoms with Gasteiger partial charge in [0, 0.05) is 31.2 Å². The fourth-order valence-electron chi connectivity index (χ4n) is 2.20. The van der Waals surface area contributed by atoms with E-state index in [2.05, 4.69) is 39.8 Å². The lowest BCUT2D eigenvalue weighted by Crippen LogP contribution is -2.39. The summed E-state index contributed by atoms with van der Waals surface area (Å²) >= 11 is 1.55. The van der Waals surface area contributed by atoms with Gasteiger partial charge in [0.05, 0.1) is 6.54 Å². The van der Waals surface area contributed by atoms with E-state index in [1.807, 2.05) is 31.6 Å². The summed E-state index contributed by atoms with van der Waals surface area (Å²) in [4.78, 5) is 26.5. The van der Waals surface area contributed by atoms with Gasteiger partial charge in [-0.15, -0.1) is 11.3 Å². The van der Waals surface area contributed by atoms with Crippen LogP contribution in [0.5, 0.6) is 0 Å². The van der Waals surface area contributed by atoms with Crippen LogP contribution in [0.2, 0.25) is 0 Å². The minimum atomic E-state index is -0.585. The predicted octanol–water partition coefficient (Wildman–Crippen LogP) is 2.18. The molecule has 1 heterocycles. The van der Waals surface area contributed by atoms with Gasteiger partial charge in [-0.05, 0) is 42.0 Å². The third-order valence-corrected chi connectivity index (χ3v) is 4.47. The van der Waals surface area contributed by atoms with Crippen LogP contribution in [0.1, 0.15) is 16.9 Å². The third-order valence-electron chi connectivity index (χ3n) is 3.59. The van der Waals surface area contributed by atoms with Crippen LogP contribution < -0.4 is 15.5 Å². The number of hydrogen-bond acceptors (Lipinski definition) is 4. The van der Waals surface area contributed by atoms with Crippen LogP contribution in [0.25, 0.3) is 0 Å². The van der Waals surface area contributed by atoms with E-state index in [9.17, 15) is 9.59 Å². The first-order valence-electron chi connectivity index (χ1n) is 7.91. The Balaban J connectivity index is 1.64. The Morgan fingerprint density at radius 1 is 1.04 bits per heavy atom. The van der Waals surface area contributed by atoms with Crippen molar-refractivity contribution in [1.82, 2.24) is 10.6 Å². The molecule has 0 saturated carbocycles. The van der Waals surface area contributed by atoms with Gasteiger partial charge >= 0.3 is 11.8 Å². The first kappa shape index (κ1) is 18.0. The van der Waals surface area contributed by atoms with Gasteiger partial charge in [0.25, 0.3) is 0 Å². The molecule has 0 aliphatic carbocycles. The second-order valence-electron chi connectivity index (χ2n) is 5.68. The Morgan fingerprint density at radius 2 is 1.75 bits per heavy atom. The molecule has 0 spiro atoms. The van der Waals surface area contributed by atoms with Crippen LogP contribution in [0, 0.1) is 0 Å². The van der Waals surface area contributed by atoms with Crippen molar-refractivity contribution in [2.24, 2.45) is 0 Å². The Labute approximate surface area is 146 Å². The summed E-state index contributed by atoms with van der Waals surface area (Å²) < 4.78 is 0. The third kappa shape index (κ3) is 5.70. The molecule has 2 N–H and O–H groups in total. The average molecular weight is 345 g/mol. The van der Waals surface area contributed by atoms with E-state index >= 15 is 0 Å². The molecular weight excluding hydrogens is 322 g/mol. The SMILES string of the molecule is CN(C)c1ccc(CCCNC(=O)C(=O)NCc2cccs2)cc1. The lowest BCUT2D eigenvalue weighted by atomic mass is 10.1. The molecule has 5 nitrogen and oxygen atoms in total. The molecule has 0 aliphatic heterocycles. The highest BCUT2D eigenvalue weighted by Crippen LogP contribution is 2.13. The number of nitrogens with one attached hydrogen (secondary N) is 2. The molecule has 0 atom stereocenters. The molecule has 1 aromatic heterocycles. The Kier molecular flexibility index (Phi) is 6.81. The van der Waals surface area contributed by atoms with Crippen molar-refractivity contribution in [2.45, 2.75) is 19.4 Å². The lowest BCUT2D eigenvalue weighted by molar-refractivity contribution is -0.139. The van der Waals surface area contributed by atoms with Gasteiger partial charge in [-0.25, -0.2) is 0 Å². The average Bonchev–Trinajstić information content (AvgIpc) is 3.10. The minimum Gasteiger partial charge on any atom is -0.378 e. The molecule has 24 heavy (non-hydrogen) atoms. The molecule has 0 radical (unpaired) electrons. The molecule has 6 heteroatoms. The highest BCUT2D eigenvalue weighted by atomic mass is 32.1. The number of rotatable bonds is 7. The van der Waals surface area contributed by atoms with Crippen LogP contribution in [0.3, 0.4) is 0 Å². The molecule has 0 bridgehead atoms. The van der Waals surface area contributed by atoms with Crippen molar-refractivity contribution in [2.75, 3.05) is 25.5 Å². The monoisotopic (exact) mass is 345 g/mol. The maximum absolute atomic E-state index is 11.7. The predicted molar refractivity (Wildman–Crippen MR) is 98.3 cm³/mol. The number of benzene rings is 1. The molecule has 2 amide bonds. The molecule has 2 aromatic rings. The maximum Gasteiger partial charge on any atom is 0.309 e. The van der Waals surface area contributed by atoms with E-state index in [1.54, 1.807) is 11.3 Å². The Hall–Kier alpha value is -2.34. The van der Waals surface area contributed by atoms with Crippen LogP contribution in [-0.4, -0.2) is 32.5 Å². The molecule has 0 fully saturated rings. The van der Waals surface area contributed by atoms with Crippen LogP contribution in [-0.2, 0) is 22.6 Å². The number of hydrogen-bond donors (Lipinski definition) is 2. The van der Waals surface area contributed by atoms with Crippen LogP contribution >= 0.6 is 11.3 Å². The van der Waals surface area contributed by atoms with Gasteiger partial charge in [0.15, 0.2) is 0 Å². The fraction of sp³-hybridized carbons (Fsp3) is 0.333. The van der Waals surface area contributed by atoms with E-state index in [-0.39, 0.29) is 0 Å². The number of anilines is 1. The molecule has 0 saturated heterocycles. The summed E-state index contributed by atoms with van der Waals surface area (Å²) in [5.74, 6) is -1.16. The van der Waals surface area contributed by atoms with E-state index in [4.69, 9.17) is 0 Å². The highest BCUT2D eigenvalue weighted by Gasteiger charge is 2.12. The largest absolute Gasteiger partial charge is 0.378 e. The van der Waals surface area contributed by atoms with Crippen molar-refractivity contribution in [3.05, 3.63) is 52.2 Å². The number of carbonyl (C=O) groups excluding carboxylic acids is 2. The summed E-state index contributed by atoms with van der Waals surface area (Å²) in [7, 11) is 4.02. The number of amides is 2. The van der Waals surface area contributed by atoms with Gasteiger partial charge in [0.1, 0.15) is 0 Å². The maximum atomic E-state index is 11.7. The lowest BCUT2D eigenvalue weighted by Gasteiger charge is -2.12. The van der Waals surface area contributed by atoms with Crippen LogP contribution in [0.4, 0.5) is 5.69 Å². The number of nitrogens with zero attached hydrogens (tertiary/aromatic N) is 1. The van der Waals surface area contributed by atoms with Gasteiger partial charge < -0.3 is 15.5 Å². The number of thiophene rings is 1. The van der Waals surface area contributed by atoms with E-state index in [1.165, 1.54) is 5.56 Å². The van der Waals surface area contributed by atoms with Crippen molar-refractivity contribution in [3.8, 4) is 0 Å². The summed E-state index contributed by atoms with van der Waals surface area (Å²) in [5.41, 5.74) is 2.38. The van der Waals surface area contributed by atoms with E-state index in [0.717, 1.165) is 23.4 Å². The van der Waals surface area contributed by atoms with Crippen molar-refractivity contribution < 1.29 is 9.59 Å². The highest BCUT2D eigenvalue weighted by molar-refractivity contribution is 7.09. The smallest absolute Gasteiger partial charge is 0.309 e. The summed E-state index contributed by atoms with van der Waals surface area (Å²) in [5, 5.41) is 7.21. The first-order chi connectivity index (χ1) is 11.6. The van der Waals surface area contributed by atoms with Gasteiger partial charge in [-0.3, -0.25) is 9.59 Å². The quantitative estimate of drug-likeness (QED) is 0.597. The van der Waals surface area contributed by atoms with Crippen molar-refractivity contribution in [3.63, 3.8) is 0 Å². The van der Waals surface area contributed by atoms with E-state index < -0.39 is 11.8 Å². The fourth-order valence-corrected chi connectivity index (χ4v) is 2.84.